The molecule has 0 bridgehead atoms. The predicted octanol–water partition coefficient (Wildman–Crippen LogP) is 4.71. The van der Waals surface area contributed by atoms with E-state index >= 15 is 0 Å². The molecule has 0 radical (unpaired) electrons. The molecule has 3 aromatic rings. The van der Waals surface area contributed by atoms with Crippen molar-refractivity contribution >= 4 is 18.1 Å². The molecule has 5 atom stereocenters. The number of likely N-dealkylation sites (N-methyl/N-ethyl adjacent to an activating group) is 1. The van der Waals surface area contributed by atoms with Gasteiger partial charge in [-0.15, -0.1) is 0 Å². The van der Waals surface area contributed by atoms with Gasteiger partial charge in [0.05, 0.1) is 24.3 Å². The lowest BCUT2D eigenvalue weighted by molar-refractivity contribution is -0.129. The molecule has 0 aromatic heterocycles. The monoisotopic (exact) mass is 690 g/mol. The molecule has 3 amide bonds. The van der Waals surface area contributed by atoms with Crippen molar-refractivity contribution in [1.29, 1.82) is 0 Å². The largest absolute Gasteiger partial charge is 0.465 e. The number of hydrogen-bond donors (Lipinski definition) is 5. The minimum atomic E-state index is -1.22. The van der Waals surface area contributed by atoms with Gasteiger partial charge in [0.15, 0.2) is 0 Å². The Hall–Kier alpha value is -4.45. The van der Waals surface area contributed by atoms with Gasteiger partial charge >= 0.3 is 12.2 Å². The second-order valence-electron chi connectivity index (χ2n) is 14.0. The van der Waals surface area contributed by atoms with Gasteiger partial charge in [0.25, 0.3) is 0 Å². The summed E-state index contributed by atoms with van der Waals surface area (Å²) in [4.78, 5) is 41.8. The molecule has 0 heterocycles. The number of rotatable bonds is 17. The van der Waals surface area contributed by atoms with E-state index in [0.29, 0.717) is 6.42 Å². The van der Waals surface area contributed by atoms with Crippen LogP contribution in [0.3, 0.4) is 0 Å². The maximum Gasteiger partial charge on any atom is 0.410 e. The van der Waals surface area contributed by atoms with E-state index in [9.17, 15) is 29.7 Å². The van der Waals surface area contributed by atoms with Gasteiger partial charge in [0.2, 0.25) is 5.91 Å². The number of aliphatic hydroxyl groups is 2. The van der Waals surface area contributed by atoms with E-state index in [1.807, 2.05) is 91.0 Å². The molecule has 11 heteroatoms. The Kier molecular flexibility index (Phi) is 15.3. The van der Waals surface area contributed by atoms with Crippen molar-refractivity contribution in [1.82, 2.24) is 20.4 Å². The van der Waals surface area contributed by atoms with Crippen LogP contribution in [0.1, 0.15) is 51.3 Å². The first-order valence-corrected chi connectivity index (χ1v) is 17.1. The van der Waals surface area contributed by atoms with E-state index in [-0.39, 0.29) is 32.0 Å². The Morgan fingerprint density at radius 2 is 1.24 bits per heavy atom. The number of hydrogen-bond acceptors (Lipinski definition) is 7. The molecule has 0 saturated heterocycles. The van der Waals surface area contributed by atoms with Gasteiger partial charge in [-0.2, -0.15) is 0 Å². The molecule has 0 aliphatic heterocycles. The average molecular weight is 691 g/mol. The molecule has 11 nitrogen and oxygen atoms in total. The maximum absolute atomic E-state index is 13.9. The number of nitrogens with one attached hydrogen (secondary N) is 2. The molecule has 50 heavy (non-hydrogen) atoms. The summed E-state index contributed by atoms with van der Waals surface area (Å²) in [5, 5.41) is 39.0. The summed E-state index contributed by atoms with van der Waals surface area (Å²) in [5.74, 6) is -0.874. The van der Waals surface area contributed by atoms with Crippen LogP contribution in [0.2, 0.25) is 0 Å². The van der Waals surface area contributed by atoms with E-state index in [2.05, 4.69) is 10.6 Å². The predicted molar refractivity (Wildman–Crippen MR) is 194 cm³/mol. The lowest BCUT2D eigenvalue weighted by Crippen LogP contribution is -2.57. The SMILES string of the molecule is CC(C)[C@@H](C(=O)N[C@@H](Cc1ccccc1)[C@H](O)CNC[C@@H](O)[C@H](Cc1ccccc1)N(C)C(=O)OC(C)(C)C)N(Cc1ccccc1)C(=O)O. The quantitative estimate of drug-likeness (QED) is 0.137. The fraction of sp³-hybridized carbons (Fsp3) is 0.462. The molecule has 0 unspecified atom stereocenters. The van der Waals surface area contributed by atoms with Crippen molar-refractivity contribution in [2.24, 2.45) is 5.92 Å². The smallest absolute Gasteiger partial charge is 0.410 e. The summed E-state index contributed by atoms with van der Waals surface area (Å²) in [6.07, 6.45) is -3.27. The number of aliphatic hydroxyl groups excluding tert-OH is 2. The van der Waals surface area contributed by atoms with Crippen molar-refractivity contribution in [2.45, 2.75) is 89.9 Å². The van der Waals surface area contributed by atoms with E-state index in [1.165, 1.54) is 4.90 Å². The van der Waals surface area contributed by atoms with Crippen molar-refractivity contribution in [2.75, 3.05) is 20.1 Å². The standard InChI is InChI=1S/C39H54N4O7/c1-27(2)35(43(37(47)48)26-30-20-14-9-15-21-30)36(46)41-31(22-28-16-10-7-11-17-28)33(44)24-40-25-34(45)32(23-29-18-12-8-13-19-29)42(6)38(49)50-39(3,4)5/h7-21,27,31-35,40,44-45H,22-26H2,1-6H3,(H,41,46)(H,47,48)/t31-,32-,33+,34+,35-/m0/s1. The first-order valence-electron chi connectivity index (χ1n) is 17.1. The second-order valence-corrected chi connectivity index (χ2v) is 14.0. The number of ether oxygens (including phenoxy) is 1. The zero-order chi connectivity index (χ0) is 36.8. The van der Waals surface area contributed by atoms with Crippen LogP contribution < -0.4 is 10.6 Å². The first-order chi connectivity index (χ1) is 23.7. The van der Waals surface area contributed by atoms with Gasteiger partial charge in [0.1, 0.15) is 11.6 Å². The van der Waals surface area contributed by atoms with Gasteiger partial charge in [0, 0.05) is 26.7 Å². The average Bonchev–Trinajstić information content (AvgIpc) is 3.06. The molecule has 3 aromatic carbocycles. The maximum atomic E-state index is 13.9. The fourth-order valence-corrected chi connectivity index (χ4v) is 5.80. The van der Waals surface area contributed by atoms with Gasteiger partial charge in [-0.05, 0) is 56.2 Å². The number of nitrogens with zero attached hydrogens (tertiary/aromatic N) is 2. The number of carbonyl (C=O) groups excluding carboxylic acids is 2. The third-order valence-corrected chi connectivity index (χ3v) is 8.39. The van der Waals surface area contributed by atoms with E-state index in [0.717, 1.165) is 21.6 Å². The third kappa shape index (κ3) is 12.8. The number of amides is 3. The molecule has 5 N–H and O–H groups in total. The summed E-state index contributed by atoms with van der Waals surface area (Å²) in [6.45, 7) is 8.98. The Bertz CT molecular complexity index is 1470. The molecular formula is C39H54N4O7. The lowest BCUT2D eigenvalue weighted by atomic mass is 9.97. The van der Waals surface area contributed by atoms with Crippen molar-refractivity contribution in [3.63, 3.8) is 0 Å². The van der Waals surface area contributed by atoms with Gasteiger partial charge in [-0.25, -0.2) is 9.59 Å². The zero-order valence-corrected chi connectivity index (χ0v) is 30.0. The summed E-state index contributed by atoms with van der Waals surface area (Å²) in [5.41, 5.74) is 1.84. The second kappa shape index (κ2) is 19.1. The van der Waals surface area contributed by atoms with Crippen LogP contribution in [0.15, 0.2) is 91.0 Å². The van der Waals surface area contributed by atoms with Crippen LogP contribution >= 0.6 is 0 Å². The molecule has 0 saturated carbocycles. The summed E-state index contributed by atoms with van der Waals surface area (Å²) >= 11 is 0. The first kappa shape index (κ1) is 40.0. The minimum absolute atomic E-state index is 0.00204. The highest BCUT2D eigenvalue weighted by atomic mass is 16.6. The molecule has 3 rings (SSSR count). The van der Waals surface area contributed by atoms with Gasteiger partial charge in [-0.3, -0.25) is 9.69 Å². The molecule has 0 aliphatic rings. The number of carbonyl (C=O) groups is 3. The Labute approximate surface area is 296 Å². The third-order valence-electron chi connectivity index (χ3n) is 8.39. The minimum Gasteiger partial charge on any atom is -0.465 e. The fourth-order valence-electron chi connectivity index (χ4n) is 5.80. The van der Waals surface area contributed by atoms with Crippen LogP contribution in [-0.4, -0.2) is 99.3 Å². The Balaban J connectivity index is 1.76. The number of carboxylic acid groups (broad SMARTS) is 1. The van der Waals surface area contributed by atoms with Crippen molar-refractivity contribution in [3.05, 3.63) is 108 Å². The topological polar surface area (TPSA) is 152 Å². The van der Waals surface area contributed by atoms with E-state index in [4.69, 9.17) is 4.74 Å². The molecule has 0 spiro atoms. The molecule has 0 fully saturated rings. The Morgan fingerprint density at radius 1 is 0.760 bits per heavy atom. The Morgan fingerprint density at radius 3 is 1.72 bits per heavy atom. The van der Waals surface area contributed by atoms with Crippen molar-refractivity contribution < 1.29 is 34.4 Å². The highest BCUT2D eigenvalue weighted by Gasteiger charge is 2.35. The normalized spacial score (nSPS) is 14.6. The van der Waals surface area contributed by atoms with Gasteiger partial charge < -0.3 is 35.6 Å². The van der Waals surface area contributed by atoms with Crippen LogP contribution in [0.4, 0.5) is 9.59 Å². The van der Waals surface area contributed by atoms with Crippen LogP contribution in [-0.2, 0) is 28.9 Å². The lowest BCUT2D eigenvalue weighted by Gasteiger charge is -2.35. The van der Waals surface area contributed by atoms with E-state index < -0.39 is 54.0 Å². The molecule has 0 aliphatic carbocycles. The molecular weight excluding hydrogens is 636 g/mol. The van der Waals surface area contributed by atoms with Crippen LogP contribution in [0, 0.1) is 5.92 Å². The zero-order valence-electron chi connectivity index (χ0n) is 30.0. The summed E-state index contributed by atoms with van der Waals surface area (Å²) in [6, 6.07) is 25.6. The van der Waals surface area contributed by atoms with Crippen LogP contribution in [0.5, 0.6) is 0 Å². The highest BCUT2D eigenvalue weighted by Crippen LogP contribution is 2.19. The van der Waals surface area contributed by atoms with E-state index in [1.54, 1.807) is 41.7 Å². The van der Waals surface area contributed by atoms with Crippen LogP contribution in [0.25, 0.3) is 0 Å². The summed E-state index contributed by atoms with van der Waals surface area (Å²) < 4.78 is 5.57. The van der Waals surface area contributed by atoms with Gasteiger partial charge in [-0.1, -0.05) is 105 Å². The molecule has 272 valence electrons. The highest BCUT2D eigenvalue weighted by molar-refractivity contribution is 5.86. The van der Waals surface area contributed by atoms with Crippen molar-refractivity contribution in [3.8, 4) is 0 Å². The number of benzene rings is 3. The summed E-state index contributed by atoms with van der Waals surface area (Å²) in [7, 11) is 1.59.